The molecule has 1 aliphatic rings. The molecule has 152 valence electrons. The van der Waals surface area contributed by atoms with Gasteiger partial charge >= 0.3 is 5.97 Å². The van der Waals surface area contributed by atoms with E-state index >= 15 is 0 Å². The van der Waals surface area contributed by atoms with E-state index in [0.29, 0.717) is 12.2 Å². The van der Waals surface area contributed by atoms with E-state index in [1.165, 1.54) is 38.3 Å². The number of nitrogens with zero attached hydrogens (tertiary/aromatic N) is 1. The molecule has 0 amide bonds. The fourth-order valence-electron chi connectivity index (χ4n) is 3.11. The minimum absolute atomic E-state index is 0.00372. The van der Waals surface area contributed by atoms with E-state index in [2.05, 4.69) is 0 Å². The lowest BCUT2D eigenvalue weighted by atomic mass is 10.1. The number of ether oxygens (including phenoxy) is 2. The predicted octanol–water partition coefficient (Wildman–Crippen LogP) is 3.22. The molecule has 7 nitrogen and oxygen atoms in total. The molecule has 0 fully saturated rings. The number of fused-ring (bicyclic) bond motifs is 1. The molecule has 3 rings (SSSR count). The van der Waals surface area contributed by atoms with Crippen LogP contribution in [0.3, 0.4) is 0 Å². The molecular formula is C21H21NO6S. The van der Waals surface area contributed by atoms with E-state index in [4.69, 9.17) is 9.47 Å². The maximum absolute atomic E-state index is 13.1. The number of carbonyl (C=O) groups is 2. The SMILES string of the molecule is CCCN1C(C(C)=O)=C(OC(=O)c2ccc(OC)cc2)c2ccccc2S1(=O)=O. The lowest BCUT2D eigenvalue weighted by Gasteiger charge is -2.32. The van der Waals surface area contributed by atoms with Gasteiger partial charge in [-0.25, -0.2) is 13.2 Å². The number of hydrogen-bond donors (Lipinski definition) is 0. The van der Waals surface area contributed by atoms with Crippen LogP contribution in [0.4, 0.5) is 0 Å². The van der Waals surface area contributed by atoms with Crippen molar-refractivity contribution < 1.29 is 27.5 Å². The Balaban J connectivity index is 2.14. The van der Waals surface area contributed by atoms with Crippen LogP contribution < -0.4 is 4.74 Å². The molecule has 1 aliphatic heterocycles. The van der Waals surface area contributed by atoms with Crippen molar-refractivity contribution in [3.63, 3.8) is 0 Å². The summed E-state index contributed by atoms with van der Waals surface area (Å²) in [5, 5.41) is 0. The molecular weight excluding hydrogens is 394 g/mol. The van der Waals surface area contributed by atoms with Gasteiger partial charge in [0.1, 0.15) is 11.4 Å². The van der Waals surface area contributed by atoms with Gasteiger partial charge in [0.2, 0.25) is 0 Å². The second kappa shape index (κ2) is 8.08. The summed E-state index contributed by atoms with van der Waals surface area (Å²) in [5.41, 5.74) is 0.286. The number of carbonyl (C=O) groups excluding carboxylic acids is 2. The van der Waals surface area contributed by atoms with E-state index in [9.17, 15) is 18.0 Å². The van der Waals surface area contributed by atoms with Gasteiger partial charge in [-0.3, -0.25) is 9.10 Å². The molecule has 0 aliphatic carbocycles. The number of ketones is 1. The third-order valence-electron chi connectivity index (χ3n) is 4.44. The molecule has 0 unspecified atom stereocenters. The molecule has 0 radical (unpaired) electrons. The molecule has 1 heterocycles. The van der Waals surface area contributed by atoms with Gasteiger partial charge in [-0.05, 0) is 42.8 Å². The Morgan fingerprint density at radius 3 is 2.28 bits per heavy atom. The van der Waals surface area contributed by atoms with E-state index in [1.54, 1.807) is 31.2 Å². The summed E-state index contributed by atoms with van der Waals surface area (Å²) >= 11 is 0. The van der Waals surface area contributed by atoms with Crippen molar-refractivity contribution in [1.29, 1.82) is 0 Å². The summed E-state index contributed by atoms with van der Waals surface area (Å²) in [5.74, 6) is -0.688. The lowest BCUT2D eigenvalue weighted by molar-refractivity contribution is -0.114. The van der Waals surface area contributed by atoms with Crippen LogP contribution in [0.2, 0.25) is 0 Å². The smallest absolute Gasteiger partial charge is 0.343 e. The molecule has 8 heteroatoms. The molecule has 0 aromatic heterocycles. The Kier molecular flexibility index (Phi) is 5.74. The summed E-state index contributed by atoms with van der Waals surface area (Å²) in [6.07, 6.45) is 0.484. The highest BCUT2D eigenvalue weighted by atomic mass is 32.2. The monoisotopic (exact) mass is 415 g/mol. The normalized spacial score (nSPS) is 14.9. The van der Waals surface area contributed by atoms with Crippen molar-refractivity contribution in [3.8, 4) is 5.75 Å². The number of esters is 1. The Morgan fingerprint density at radius 2 is 1.69 bits per heavy atom. The molecule has 0 spiro atoms. The quantitative estimate of drug-likeness (QED) is 0.673. The largest absolute Gasteiger partial charge is 0.497 e. The van der Waals surface area contributed by atoms with Crippen molar-refractivity contribution in [2.24, 2.45) is 0 Å². The lowest BCUT2D eigenvalue weighted by Crippen LogP contribution is -2.38. The van der Waals surface area contributed by atoms with Crippen molar-refractivity contribution in [3.05, 3.63) is 65.4 Å². The van der Waals surface area contributed by atoms with Gasteiger partial charge in [0.15, 0.2) is 11.5 Å². The maximum atomic E-state index is 13.1. The number of benzene rings is 2. The number of allylic oxidation sites excluding steroid dienone is 1. The molecule has 0 atom stereocenters. The highest BCUT2D eigenvalue weighted by molar-refractivity contribution is 7.89. The molecule has 2 aromatic carbocycles. The number of hydrogen-bond acceptors (Lipinski definition) is 6. The third kappa shape index (κ3) is 3.75. The van der Waals surface area contributed by atoms with Gasteiger partial charge in [0.05, 0.1) is 17.6 Å². The van der Waals surface area contributed by atoms with Gasteiger partial charge in [-0.15, -0.1) is 0 Å². The predicted molar refractivity (Wildman–Crippen MR) is 107 cm³/mol. The highest BCUT2D eigenvalue weighted by Crippen LogP contribution is 2.38. The van der Waals surface area contributed by atoms with Crippen molar-refractivity contribution in [2.45, 2.75) is 25.2 Å². The first-order valence-electron chi connectivity index (χ1n) is 9.04. The molecule has 29 heavy (non-hydrogen) atoms. The number of rotatable bonds is 6. The molecule has 0 saturated heterocycles. The maximum Gasteiger partial charge on any atom is 0.343 e. The minimum Gasteiger partial charge on any atom is -0.497 e. The van der Waals surface area contributed by atoms with Gasteiger partial charge < -0.3 is 9.47 Å². The average Bonchev–Trinajstić information content (AvgIpc) is 2.71. The summed E-state index contributed by atoms with van der Waals surface area (Å²) < 4.78 is 37.8. The Morgan fingerprint density at radius 1 is 1.03 bits per heavy atom. The van der Waals surface area contributed by atoms with E-state index in [-0.39, 0.29) is 34.0 Å². The first-order valence-corrected chi connectivity index (χ1v) is 10.5. The fraction of sp³-hybridized carbons (Fsp3) is 0.238. The number of sulfonamides is 1. The Bertz CT molecular complexity index is 1090. The van der Waals surface area contributed by atoms with Gasteiger partial charge in [0, 0.05) is 19.0 Å². The average molecular weight is 415 g/mol. The number of methoxy groups -OCH3 is 1. The van der Waals surface area contributed by atoms with Crippen molar-refractivity contribution in [2.75, 3.05) is 13.7 Å². The summed E-state index contributed by atoms with van der Waals surface area (Å²) in [6, 6.07) is 12.5. The van der Waals surface area contributed by atoms with Crippen LogP contribution >= 0.6 is 0 Å². The van der Waals surface area contributed by atoms with Crippen LogP contribution in [0, 0.1) is 0 Å². The van der Waals surface area contributed by atoms with Crippen LogP contribution in [0.15, 0.2) is 59.1 Å². The van der Waals surface area contributed by atoms with Crippen molar-refractivity contribution in [1.82, 2.24) is 4.31 Å². The zero-order valence-corrected chi connectivity index (χ0v) is 17.2. The van der Waals surface area contributed by atoms with Crippen LogP contribution in [0.25, 0.3) is 5.76 Å². The Labute approximate surface area is 169 Å². The van der Waals surface area contributed by atoms with Crippen molar-refractivity contribution >= 4 is 27.5 Å². The zero-order chi connectivity index (χ0) is 21.2. The Hall–Kier alpha value is -3.13. The second-order valence-corrected chi connectivity index (χ2v) is 8.26. The topological polar surface area (TPSA) is 90.0 Å². The van der Waals surface area contributed by atoms with E-state index in [1.807, 2.05) is 0 Å². The van der Waals surface area contributed by atoms with Crippen LogP contribution in [-0.4, -0.2) is 38.1 Å². The van der Waals surface area contributed by atoms with E-state index < -0.39 is 21.8 Å². The van der Waals surface area contributed by atoms with E-state index in [0.717, 1.165) is 4.31 Å². The molecule has 0 N–H and O–H groups in total. The standard InChI is InChI=1S/C21H21NO6S/c1-4-13-22-19(14(2)23)20(17-7-5-6-8-18(17)29(22,25)26)28-21(24)15-9-11-16(27-3)12-10-15/h5-12H,4,13H2,1-3H3. The highest BCUT2D eigenvalue weighted by Gasteiger charge is 2.39. The second-order valence-electron chi connectivity index (χ2n) is 6.43. The van der Waals surface area contributed by atoms with Crippen LogP contribution in [0.1, 0.15) is 36.2 Å². The molecule has 0 bridgehead atoms. The minimum atomic E-state index is -3.93. The molecule has 0 saturated carbocycles. The van der Waals surface area contributed by atoms with Gasteiger partial charge in [0.25, 0.3) is 10.0 Å². The number of Topliss-reactive ketones (excluding diaryl/α,β-unsaturated/α-hetero) is 1. The summed E-state index contributed by atoms with van der Waals surface area (Å²) in [6.45, 7) is 3.15. The van der Waals surface area contributed by atoms with Gasteiger partial charge in [-0.1, -0.05) is 19.1 Å². The van der Waals surface area contributed by atoms with Crippen LogP contribution in [-0.2, 0) is 19.6 Å². The molecule has 2 aromatic rings. The first kappa shape index (κ1) is 20.6. The fourth-order valence-corrected chi connectivity index (χ4v) is 4.91. The zero-order valence-electron chi connectivity index (χ0n) is 16.3. The third-order valence-corrected chi connectivity index (χ3v) is 6.30. The van der Waals surface area contributed by atoms with Gasteiger partial charge in [-0.2, -0.15) is 0 Å². The summed E-state index contributed by atoms with van der Waals surface area (Å²) in [7, 11) is -2.42. The first-order chi connectivity index (χ1) is 13.8. The summed E-state index contributed by atoms with van der Waals surface area (Å²) in [4.78, 5) is 25.2. The van der Waals surface area contributed by atoms with Crippen LogP contribution in [0.5, 0.6) is 5.75 Å².